The maximum atomic E-state index is 12.3. The van der Waals surface area contributed by atoms with Crippen LogP contribution in [0.15, 0.2) is 42.5 Å². The zero-order chi connectivity index (χ0) is 22.4. The molecule has 1 aromatic heterocycles. The minimum atomic E-state index is -4.76. The molecular weight excluding hydrogens is 417 g/mol. The monoisotopic (exact) mass is 438 g/mol. The number of hydrogen-bond acceptors (Lipinski definition) is 6. The first-order chi connectivity index (χ1) is 14.7. The van der Waals surface area contributed by atoms with Gasteiger partial charge in [-0.3, -0.25) is 4.79 Å². The van der Waals surface area contributed by atoms with Crippen LogP contribution < -0.4 is 20.5 Å². The lowest BCUT2D eigenvalue weighted by atomic mass is 10.3. The molecule has 4 N–H and O–H groups in total. The van der Waals surface area contributed by atoms with E-state index in [1.807, 2.05) is 4.57 Å². The average Bonchev–Trinajstić information content (AvgIpc) is 3.03. The van der Waals surface area contributed by atoms with Gasteiger partial charge in [0.05, 0.1) is 24.1 Å². The van der Waals surface area contributed by atoms with Crippen LogP contribution in [0.25, 0.3) is 11.0 Å². The summed E-state index contributed by atoms with van der Waals surface area (Å²) in [5.41, 5.74) is 6.58. The van der Waals surface area contributed by atoms with Crippen molar-refractivity contribution in [1.29, 1.82) is 0 Å². The number of carbonyl (C=O) groups is 1. The first-order valence-electron chi connectivity index (χ1n) is 9.38. The Balaban J connectivity index is 1.81. The molecule has 0 aliphatic carbocycles. The standard InChI is InChI=1S/C20H21F3N4O4/c21-20(22,23)31-14-4-2-13(3-5-14)30-15-6-7-16-17(10-15)27(8-1-9-28)19(26-16)12-25-11-18(24)29/h2-7,10,25,28H,1,8-9,11-12H2,(H2,24,29). The Kier molecular flexibility index (Phi) is 6.98. The van der Waals surface area contributed by atoms with Crippen molar-refractivity contribution in [1.82, 2.24) is 14.9 Å². The summed E-state index contributed by atoms with van der Waals surface area (Å²) in [7, 11) is 0. The molecule has 3 aromatic rings. The van der Waals surface area contributed by atoms with E-state index in [2.05, 4.69) is 15.0 Å². The van der Waals surface area contributed by atoms with Gasteiger partial charge in [-0.2, -0.15) is 0 Å². The van der Waals surface area contributed by atoms with E-state index in [4.69, 9.17) is 10.5 Å². The van der Waals surface area contributed by atoms with Gasteiger partial charge in [0.2, 0.25) is 5.91 Å². The van der Waals surface area contributed by atoms with Gasteiger partial charge >= 0.3 is 6.36 Å². The number of imidazole rings is 1. The molecule has 0 bridgehead atoms. The molecule has 31 heavy (non-hydrogen) atoms. The second-order valence-electron chi connectivity index (χ2n) is 6.60. The molecule has 8 nitrogen and oxygen atoms in total. The van der Waals surface area contributed by atoms with E-state index in [0.717, 1.165) is 17.6 Å². The summed E-state index contributed by atoms with van der Waals surface area (Å²) in [5, 5.41) is 12.1. The maximum Gasteiger partial charge on any atom is 0.573 e. The minimum Gasteiger partial charge on any atom is -0.457 e. The third-order valence-corrected chi connectivity index (χ3v) is 4.21. The molecule has 0 radical (unpaired) electrons. The average molecular weight is 438 g/mol. The second kappa shape index (κ2) is 9.67. The number of nitrogens with zero attached hydrogens (tertiary/aromatic N) is 2. The van der Waals surface area contributed by atoms with Gasteiger partial charge in [-0.25, -0.2) is 4.98 Å². The zero-order valence-electron chi connectivity index (χ0n) is 16.4. The smallest absolute Gasteiger partial charge is 0.457 e. The lowest BCUT2D eigenvalue weighted by molar-refractivity contribution is -0.274. The fraction of sp³-hybridized carbons (Fsp3) is 0.300. The maximum absolute atomic E-state index is 12.3. The largest absolute Gasteiger partial charge is 0.573 e. The van der Waals surface area contributed by atoms with Crippen LogP contribution in [0.4, 0.5) is 13.2 Å². The highest BCUT2D eigenvalue weighted by molar-refractivity contribution is 5.78. The normalized spacial score (nSPS) is 11.6. The van der Waals surface area contributed by atoms with Gasteiger partial charge < -0.3 is 30.2 Å². The van der Waals surface area contributed by atoms with Crippen molar-refractivity contribution >= 4 is 16.9 Å². The summed E-state index contributed by atoms with van der Waals surface area (Å²) >= 11 is 0. The third kappa shape index (κ3) is 6.33. The SMILES string of the molecule is NC(=O)CNCc1nc2ccc(Oc3ccc(OC(F)(F)F)cc3)cc2n1CCCO. The predicted octanol–water partition coefficient (Wildman–Crippen LogP) is 2.68. The Bertz CT molecular complexity index is 1040. The van der Waals surface area contributed by atoms with Gasteiger partial charge in [0, 0.05) is 19.2 Å². The molecule has 2 aromatic carbocycles. The summed E-state index contributed by atoms with van der Waals surface area (Å²) in [4.78, 5) is 15.5. The van der Waals surface area contributed by atoms with Crippen LogP contribution in [-0.4, -0.2) is 40.1 Å². The molecule has 3 rings (SSSR count). The quantitative estimate of drug-likeness (QED) is 0.449. The summed E-state index contributed by atoms with van der Waals surface area (Å²) in [6.07, 6.45) is -4.26. The van der Waals surface area contributed by atoms with Crippen molar-refractivity contribution in [2.75, 3.05) is 13.2 Å². The molecule has 0 spiro atoms. The molecule has 0 fully saturated rings. The fourth-order valence-corrected chi connectivity index (χ4v) is 2.97. The van der Waals surface area contributed by atoms with E-state index in [9.17, 15) is 23.1 Å². The van der Waals surface area contributed by atoms with E-state index in [-0.39, 0.29) is 18.9 Å². The van der Waals surface area contributed by atoms with Gasteiger partial charge in [-0.05, 0) is 42.8 Å². The summed E-state index contributed by atoms with van der Waals surface area (Å²) in [6.45, 7) is 0.801. The Morgan fingerprint density at radius 2 is 1.81 bits per heavy atom. The Hall–Kier alpha value is -3.31. The second-order valence-corrected chi connectivity index (χ2v) is 6.60. The van der Waals surface area contributed by atoms with Crippen LogP contribution in [0.2, 0.25) is 0 Å². The number of nitrogens with two attached hydrogens (primary N) is 1. The van der Waals surface area contributed by atoms with Crippen LogP contribution in [0.5, 0.6) is 17.2 Å². The van der Waals surface area contributed by atoms with Crippen LogP contribution in [-0.2, 0) is 17.9 Å². The molecule has 11 heteroatoms. The van der Waals surface area contributed by atoms with Crippen molar-refractivity contribution in [3.05, 3.63) is 48.3 Å². The van der Waals surface area contributed by atoms with Crippen molar-refractivity contribution < 1.29 is 32.5 Å². The van der Waals surface area contributed by atoms with Gasteiger partial charge in [0.1, 0.15) is 23.1 Å². The number of fused-ring (bicyclic) bond motifs is 1. The summed E-state index contributed by atoms with van der Waals surface area (Å²) in [6, 6.07) is 10.2. The lowest BCUT2D eigenvalue weighted by Crippen LogP contribution is -2.29. The molecule has 0 aliphatic heterocycles. The molecular formula is C20H21F3N4O4. The number of aromatic nitrogens is 2. The highest BCUT2D eigenvalue weighted by Crippen LogP contribution is 2.29. The number of aliphatic hydroxyl groups excluding tert-OH is 1. The van der Waals surface area contributed by atoms with E-state index >= 15 is 0 Å². The topological polar surface area (TPSA) is 112 Å². The number of nitrogens with one attached hydrogen (secondary N) is 1. The number of carbonyl (C=O) groups excluding carboxylic acids is 1. The number of amides is 1. The number of ether oxygens (including phenoxy) is 2. The van der Waals surface area contributed by atoms with E-state index in [0.29, 0.717) is 42.4 Å². The number of alkyl halides is 3. The van der Waals surface area contributed by atoms with Crippen molar-refractivity contribution in [3.63, 3.8) is 0 Å². The molecule has 1 amide bonds. The van der Waals surface area contributed by atoms with Crippen LogP contribution in [0.1, 0.15) is 12.2 Å². The molecule has 0 saturated carbocycles. The van der Waals surface area contributed by atoms with E-state index in [1.54, 1.807) is 18.2 Å². The first-order valence-corrected chi connectivity index (χ1v) is 9.38. The van der Waals surface area contributed by atoms with E-state index in [1.165, 1.54) is 12.1 Å². The van der Waals surface area contributed by atoms with Crippen LogP contribution >= 0.6 is 0 Å². The van der Waals surface area contributed by atoms with Gasteiger partial charge in [0.15, 0.2) is 0 Å². The number of primary amides is 1. The van der Waals surface area contributed by atoms with Gasteiger partial charge in [-0.1, -0.05) is 0 Å². The number of aryl methyl sites for hydroxylation is 1. The fourth-order valence-electron chi connectivity index (χ4n) is 2.97. The molecule has 0 unspecified atom stereocenters. The van der Waals surface area contributed by atoms with Crippen molar-refractivity contribution in [2.24, 2.45) is 5.73 Å². The highest BCUT2D eigenvalue weighted by atomic mass is 19.4. The van der Waals surface area contributed by atoms with Crippen LogP contribution in [0, 0.1) is 0 Å². The Morgan fingerprint density at radius 1 is 1.13 bits per heavy atom. The Labute approximate surface area is 175 Å². The number of aliphatic hydroxyl groups is 1. The molecule has 0 aliphatic rings. The van der Waals surface area contributed by atoms with Gasteiger partial charge in [0.25, 0.3) is 0 Å². The van der Waals surface area contributed by atoms with Crippen molar-refractivity contribution in [2.45, 2.75) is 25.9 Å². The highest BCUT2D eigenvalue weighted by Gasteiger charge is 2.31. The minimum absolute atomic E-state index is 0.00361. The number of hydrogen-bond donors (Lipinski definition) is 3. The Morgan fingerprint density at radius 3 is 2.45 bits per heavy atom. The van der Waals surface area contributed by atoms with E-state index < -0.39 is 12.3 Å². The molecule has 1 heterocycles. The zero-order valence-corrected chi connectivity index (χ0v) is 16.4. The number of halogens is 3. The lowest BCUT2D eigenvalue weighted by Gasteiger charge is -2.11. The first kappa shape index (κ1) is 22.4. The summed E-state index contributed by atoms with van der Waals surface area (Å²) in [5.74, 6) is 0.624. The number of benzene rings is 2. The van der Waals surface area contributed by atoms with Crippen LogP contribution in [0.3, 0.4) is 0 Å². The predicted molar refractivity (Wildman–Crippen MR) is 106 cm³/mol. The summed E-state index contributed by atoms with van der Waals surface area (Å²) < 4.78 is 48.3. The molecule has 0 atom stereocenters. The van der Waals surface area contributed by atoms with Crippen molar-refractivity contribution in [3.8, 4) is 17.2 Å². The van der Waals surface area contributed by atoms with Gasteiger partial charge in [-0.15, -0.1) is 13.2 Å². The number of rotatable bonds is 10. The molecule has 0 saturated heterocycles. The molecule has 166 valence electrons. The third-order valence-electron chi connectivity index (χ3n) is 4.21.